The largest absolute Gasteiger partial charge is 0.390 e. The minimum atomic E-state index is -0.643. The van der Waals surface area contributed by atoms with Gasteiger partial charge in [0.15, 0.2) is 0 Å². The fourth-order valence-electron chi connectivity index (χ4n) is 3.32. The van der Waals surface area contributed by atoms with Crippen LogP contribution in [0.2, 0.25) is 0 Å². The second-order valence-electron chi connectivity index (χ2n) is 6.36. The van der Waals surface area contributed by atoms with E-state index in [0.717, 1.165) is 11.1 Å². The molecule has 130 valence electrons. The summed E-state index contributed by atoms with van der Waals surface area (Å²) < 4.78 is 13.3. The van der Waals surface area contributed by atoms with Crippen molar-refractivity contribution >= 4 is 5.91 Å². The van der Waals surface area contributed by atoms with E-state index in [4.69, 9.17) is 0 Å². The lowest BCUT2D eigenvalue weighted by Crippen LogP contribution is -2.33. The van der Waals surface area contributed by atoms with Crippen molar-refractivity contribution in [2.45, 2.75) is 18.6 Å². The summed E-state index contributed by atoms with van der Waals surface area (Å²) in [5.41, 5.74) is 3.62. The molecule has 4 rings (SSSR count). The van der Waals surface area contributed by atoms with Crippen LogP contribution in [-0.2, 0) is 6.42 Å². The molecule has 0 bridgehead atoms. The van der Waals surface area contributed by atoms with Crippen LogP contribution in [0.15, 0.2) is 66.9 Å². The molecule has 0 radical (unpaired) electrons. The lowest BCUT2D eigenvalue weighted by Gasteiger charge is -2.18. The van der Waals surface area contributed by atoms with Gasteiger partial charge in [-0.05, 0) is 35.4 Å². The van der Waals surface area contributed by atoms with Gasteiger partial charge in [-0.1, -0.05) is 36.4 Å². The third-order valence-electron chi connectivity index (χ3n) is 4.64. The van der Waals surface area contributed by atoms with E-state index in [1.807, 2.05) is 24.3 Å². The first kappa shape index (κ1) is 16.4. The molecule has 1 amide bonds. The molecule has 1 aliphatic carbocycles. The van der Waals surface area contributed by atoms with Gasteiger partial charge in [-0.25, -0.2) is 4.39 Å². The second kappa shape index (κ2) is 6.69. The summed E-state index contributed by atoms with van der Waals surface area (Å²) in [6.07, 6.45) is 1.34. The zero-order valence-electron chi connectivity index (χ0n) is 13.9. The van der Waals surface area contributed by atoms with E-state index in [9.17, 15) is 14.3 Å². The summed E-state index contributed by atoms with van der Waals surface area (Å²) in [6.45, 7) is 0. The predicted octanol–water partition coefficient (Wildman–Crippen LogP) is 3.28. The SMILES string of the molecule is O=C(N[C@@H]1c2ccccc2C[C@@H]1O)c1ccc(-c2cccc(F)c2)nc1. The maximum atomic E-state index is 13.3. The van der Waals surface area contributed by atoms with E-state index in [2.05, 4.69) is 10.3 Å². The molecule has 0 unspecified atom stereocenters. The van der Waals surface area contributed by atoms with Gasteiger partial charge in [0.25, 0.3) is 5.91 Å². The number of amides is 1. The van der Waals surface area contributed by atoms with Crippen molar-refractivity contribution < 1.29 is 14.3 Å². The molecule has 1 aromatic heterocycles. The number of pyridine rings is 1. The van der Waals surface area contributed by atoms with Crippen molar-refractivity contribution in [2.75, 3.05) is 0 Å². The first-order chi connectivity index (χ1) is 12.6. The molecule has 26 heavy (non-hydrogen) atoms. The highest BCUT2D eigenvalue weighted by molar-refractivity contribution is 5.94. The van der Waals surface area contributed by atoms with E-state index < -0.39 is 12.1 Å². The fourth-order valence-corrected chi connectivity index (χ4v) is 3.32. The molecule has 3 aromatic rings. The number of hydrogen-bond acceptors (Lipinski definition) is 3. The molecule has 1 aliphatic rings. The Bertz CT molecular complexity index is 956. The van der Waals surface area contributed by atoms with Crippen molar-refractivity contribution in [3.8, 4) is 11.3 Å². The van der Waals surface area contributed by atoms with Crippen LogP contribution in [0, 0.1) is 5.82 Å². The number of carbonyl (C=O) groups excluding carboxylic acids is 1. The van der Waals surface area contributed by atoms with Crippen molar-refractivity contribution in [3.63, 3.8) is 0 Å². The predicted molar refractivity (Wildman–Crippen MR) is 96.0 cm³/mol. The number of aliphatic hydroxyl groups is 1. The van der Waals surface area contributed by atoms with Crippen LogP contribution in [0.3, 0.4) is 0 Å². The third-order valence-corrected chi connectivity index (χ3v) is 4.64. The highest BCUT2D eigenvalue weighted by Gasteiger charge is 2.32. The smallest absolute Gasteiger partial charge is 0.253 e. The molecular formula is C21H17FN2O2. The zero-order chi connectivity index (χ0) is 18.1. The average molecular weight is 348 g/mol. The minimum absolute atomic E-state index is 0.302. The highest BCUT2D eigenvalue weighted by Crippen LogP contribution is 2.31. The molecule has 0 spiro atoms. The average Bonchev–Trinajstić information content (AvgIpc) is 2.97. The van der Waals surface area contributed by atoms with Crippen molar-refractivity contribution in [2.24, 2.45) is 0 Å². The Hall–Kier alpha value is -3.05. The van der Waals surface area contributed by atoms with Crippen molar-refractivity contribution in [1.82, 2.24) is 10.3 Å². The summed E-state index contributed by atoms with van der Waals surface area (Å²) in [6, 6.07) is 16.7. The van der Waals surface area contributed by atoms with Crippen LogP contribution >= 0.6 is 0 Å². The van der Waals surface area contributed by atoms with Crippen LogP contribution < -0.4 is 5.32 Å². The molecule has 0 fully saturated rings. The highest BCUT2D eigenvalue weighted by atomic mass is 19.1. The lowest BCUT2D eigenvalue weighted by atomic mass is 10.1. The van der Waals surface area contributed by atoms with E-state index in [0.29, 0.717) is 23.2 Å². The maximum Gasteiger partial charge on any atom is 0.253 e. The minimum Gasteiger partial charge on any atom is -0.390 e. The van der Waals surface area contributed by atoms with E-state index in [1.165, 1.54) is 18.3 Å². The number of fused-ring (bicyclic) bond motifs is 1. The van der Waals surface area contributed by atoms with Crippen molar-refractivity contribution in [1.29, 1.82) is 0 Å². The molecule has 0 saturated heterocycles. The van der Waals surface area contributed by atoms with Gasteiger partial charge < -0.3 is 10.4 Å². The number of rotatable bonds is 3. The maximum absolute atomic E-state index is 13.3. The van der Waals surface area contributed by atoms with Gasteiger partial charge in [0.2, 0.25) is 0 Å². The number of aromatic nitrogens is 1. The van der Waals surface area contributed by atoms with Crippen LogP contribution in [0.5, 0.6) is 0 Å². The van der Waals surface area contributed by atoms with Crippen molar-refractivity contribution in [3.05, 3.63) is 89.4 Å². The van der Waals surface area contributed by atoms with Gasteiger partial charge in [0.05, 0.1) is 23.4 Å². The Morgan fingerprint density at radius 3 is 2.73 bits per heavy atom. The van der Waals surface area contributed by atoms with Gasteiger partial charge in [0, 0.05) is 18.2 Å². The molecule has 1 heterocycles. The molecule has 4 nitrogen and oxygen atoms in total. The zero-order valence-corrected chi connectivity index (χ0v) is 13.9. The molecule has 2 N–H and O–H groups in total. The monoisotopic (exact) mass is 348 g/mol. The molecule has 0 aliphatic heterocycles. The molecule has 0 saturated carbocycles. The summed E-state index contributed by atoms with van der Waals surface area (Å²) in [7, 11) is 0. The van der Waals surface area contributed by atoms with E-state index in [1.54, 1.807) is 24.3 Å². The standard InChI is InChI=1S/C21H17FN2O2/c22-16-6-3-5-14(10-16)18-9-8-15(12-23-18)21(26)24-20-17-7-2-1-4-13(17)11-19(20)25/h1-10,12,19-20,25H,11H2,(H,24,26)/t19-,20+/m0/s1. The topological polar surface area (TPSA) is 62.2 Å². The van der Waals surface area contributed by atoms with Gasteiger partial charge >= 0.3 is 0 Å². The molecule has 2 aromatic carbocycles. The summed E-state index contributed by atoms with van der Waals surface area (Å²) in [4.78, 5) is 16.8. The number of halogens is 1. The number of aliphatic hydroxyl groups excluding tert-OH is 1. The fraction of sp³-hybridized carbons (Fsp3) is 0.143. The number of nitrogens with zero attached hydrogens (tertiary/aromatic N) is 1. The first-order valence-corrected chi connectivity index (χ1v) is 8.40. The van der Waals surface area contributed by atoms with E-state index in [-0.39, 0.29) is 11.7 Å². The van der Waals surface area contributed by atoms with Gasteiger partial charge in [0.1, 0.15) is 5.82 Å². The Balaban J connectivity index is 1.52. The molecular weight excluding hydrogens is 331 g/mol. The Labute approximate surface area is 150 Å². The molecule has 5 heteroatoms. The third kappa shape index (κ3) is 3.09. The summed E-state index contributed by atoms with van der Waals surface area (Å²) in [5, 5.41) is 13.1. The number of benzene rings is 2. The van der Waals surface area contributed by atoms with Gasteiger partial charge in [-0.3, -0.25) is 9.78 Å². The number of hydrogen-bond donors (Lipinski definition) is 2. The Morgan fingerprint density at radius 2 is 1.96 bits per heavy atom. The Kier molecular flexibility index (Phi) is 4.22. The van der Waals surface area contributed by atoms with Crippen LogP contribution in [0.4, 0.5) is 4.39 Å². The van der Waals surface area contributed by atoms with Gasteiger partial charge in [-0.15, -0.1) is 0 Å². The summed E-state index contributed by atoms with van der Waals surface area (Å²) in [5.74, 6) is -0.635. The van der Waals surface area contributed by atoms with E-state index >= 15 is 0 Å². The quantitative estimate of drug-likeness (QED) is 0.764. The first-order valence-electron chi connectivity index (χ1n) is 8.40. The molecule has 2 atom stereocenters. The van der Waals surface area contributed by atoms with Crippen LogP contribution in [0.1, 0.15) is 27.5 Å². The second-order valence-corrected chi connectivity index (χ2v) is 6.36. The normalized spacial score (nSPS) is 18.4. The number of carbonyl (C=O) groups is 1. The number of nitrogens with one attached hydrogen (secondary N) is 1. The lowest BCUT2D eigenvalue weighted by molar-refractivity contribution is 0.0858. The summed E-state index contributed by atoms with van der Waals surface area (Å²) >= 11 is 0. The Morgan fingerprint density at radius 1 is 1.12 bits per heavy atom. The van der Waals surface area contributed by atoms with Crippen LogP contribution in [0.25, 0.3) is 11.3 Å². The van der Waals surface area contributed by atoms with Gasteiger partial charge in [-0.2, -0.15) is 0 Å². The van der Waals surface area contributed by atoms with Crippen LogP contribution in [-0.4, -0.2) is 22.1 Å².